The van der Waals surface area contributed by atoms with Crippen LogP contribution in [0.15, 0.2) is 35.4 Å². The maximum Gasteiger partial charge on any atom is 0.221 e. The van der Waals surface area contributed by atoms with Crippen LogP contribution < -0.4 is 4.74 Å². The fraction of sp³-hybridized carbons (Fsp3) is 0.471. The van der Waals surface area contributed by atoms with Crippen molar-refractivity contribution in [3.63, 3.8) is 0 Å². The zero-order valence-electron chi connectivity index (χ0n) is 13.5. The molecule has 2 heterocycles. The van der Waals surface area contributed by atoms with Crippen molar-refractivity contribution in [1.82, 2.24) is 14.2 Å². The fourth-order valence-electron chi connectivity index (χ4n) is 2.57. The van der Waals surface area contributed by atoms with Gasteiger partial charge in [-0.1, -0.05) is 6.07 Å². The van der Waals surface area contributed by atoms with Crippen LogP contribution in [0.2, 0.25) is 0 Å². The first-order chi connectivity index (χ1) is 10.6. The Kier molecular flexibility index (Phi) is 4.86. The Morgan fingerprint density at radius 3 is 2.59 bits per heavy atom. The summed E-state index contributed by atoms with van der Waals surface area (Å²) in [6, 6.07) is 8.45. The molecule has 1 aromatic heterocycles. The fourth-order valence-corrected chi connectivity index (χ4v) is 3.61. The van der Waals surface area contributed by atoms with Crippen molar-refractivity contribution in [2.24, 2.45) is 0 Å². The molecular weight excluding hydrogens is 294 g/mol. The number of ether oxygens (including phenoxy) is 1. The lowest BCUT2D eigenvalue weighted by atomic mass is 10.2. The van der Waals surface area contributed by atoms with Crippen molar-refractivity contribution >= 4 is 22.7 Å². The zero-order chi connectivity index (χ0) is 15.5. The molecule has 118 valence electrons. The third-order valence-electron chi connectivity index (χ3n) is 3.77. The normalized spacial score (nSPS) is 17.3. The van der Waals surface area contributed by atoms with Crippen LogP contribution in [0.25, 0.3) is 10.8 Å². The van der Waals surface area contributed by atoms with Crippen LogP contribution in [0.4, 0.5) is 0 Å². The molecule has 3 rings (SSSR count). The number of fused-ring (bicyclic) bond motifs is 1. The molecule has 0 amide bonds. The summed E-state index contributed by atoms with van der Waals surface area (Å²) < 4.78 is 8.29. The molecule has 4 nitrogen and oxygen atoms in total. The summed E-state index contributed by atoms with van der Waals surface area (Å²) in [5.74, 6) is 0.730. The zero-order valence-corrected chi connectivity index (χ0v) is 14.3. The lowest BCUT2D eigenvalue weighted by Crippen LogP contribution is -2.40. The number of aromatic nitrogens is 1. The topological polar surface area (TPSA) is 28.6 Å². The van der Waals surface area contributed by atoms with Gasteiger partial charge in [-0.05, 0) is 51.0 Å². The molecule has 0 atom stereocenters. The molecule has 0 N–H and O–H groups in total. The Bertz CT molecular complexity index is 639. The van der Waals surface area contributed by atoms with E-state index in [4.69, 9.17) is 4.74 Å². The van der Waals surface area contributed by atoms with E-state index in [-0.39, 0.29) is 6.10 Å². The summed E-state index contributed by atoms with van der Waals surface area (Å²) in [5, 5.41) is 2.31. The van der Waals surface area contributed by atoms with Gasteiger partial charge in [0.1, 0.15) is 0 Å². The van der Waals surface area contributed by atoms with Gasteiger partial charge in [-0.2, -0.15) is 0 Å². The van der Waals surface area contributed by atoms with E-state index in [1.54, 1.807) is 0 Å². The van der Waals surface area contributed by atoms with Crippen LogP contribution in [0.1, 0.15) is 13.8 Å². The number of hydrogen-bond acceptors (Lipinski definition) is 5. The van der Waals surface area contributed by atoms with Crippen LogP contribution in [-0.2, 0) is 0 Å². The minimum atomic E-state index is 0.132. The van der Waals surface area contributed by atoms with Crippen molar-refractivity contribution in [3.05, 3.63) is 30.5 Å². The van der Waals surface area contributed by atoms with Gasteiger partial charge < -0.3 is 9.64 Å². The van der Waals surface area contributed by atoms with Crippen LogP contribution in [-0.4, -0.2) is 53.5 Å². The molecule has 0 aliphatic carbocycles. The summed E-state index contributed by atoms with van der Waals surface area (Å²) in [6.07, 6.45) is 1.97. The number of nitrogens with zero attached hydrogens (tertiary/aromatic N) is 3. The Hall–Kier alpha value is -1.30. The van der Waals surface area contributed by atoms with E-state index in [0.717, 1.165) is 37.4 Å². The first kappa shape index (κ1) is 15.6. The standard InChI is InChI=1S/C17H23N3OS/c1-13(2)21-17-15-5-4-6-16(14(15)7-8-18-17)22-20-11-9-19(3)10-12-20/h4-8,13H,9-12H2,1-3H3. The summed E-state index contributed by atoms with van der Waals surface area (Å²) in [4.78, 5) is 8.04. The van der Waals surface area contributed by atoms with Crippen molar-refractivity contribution in [3.8, 4) is 5.88 Å². The van der Waals surface area contributed by atoms with Gasteiger partial charge in [0.15, 0.2) is 0 Å². The van der Waals surface area contributed by atoms with Crippen molar-refractivity contribution < 1.29 is 4.74 Å². The smallest absolute Gasteiger partial charge is 0.221 e. The Balaban J connectivity index is 1.87. The van der Waals surface area contributed by atoms with Crippen molar-refractivity contribution in [1.29, 1.82) is 0 Å². The van der Waals surface area contributed by atoms with Crippen LogP contribution in [0.5, 0.6) is 5.88 Å². The van der Waals surface area contributed by atoms with E-state index in [2.05, 4.69) is 45.5 Å². The highest BCUT2D eigenvalue weighted by Gasteiger charge is 2.16. The average Bonchev–Trinajstić information content (AvgIpc) is 2.50. The second-order valence-electron chi connectivity index (χ2n) is 5.96. The summed E-state index contributed by atoms with van der Waals surface area (Å²) in [6.45, 7) is 8.50. The lowest BCUT2D eigenvalue weighted by molar-refractivity contribution is 0.233. The summed E-state index contributed by atoms with van der Waals surface area (Å²) >= 11 is 1.85. The number of piperazine rings is 1. The van der Waals surface area contributed by atoms with Gasteiger partial charge in [-0.3, -0.25) is 0 Å². The Morgan fingerprint density at radius 1 is 1.09 bits per heavy atom. The van der Waals surface area contributed by atoms with Gasteiger partial charge in [0, 0.05) is 48.0 Å². The van der Waals surface area contributed by atoms with Crippen LogP contribution in [0, 0.1) is 0 Å². The van der Waals surface area contributed by atoms with E-state index >= 15 is 0 Å². The maximum absolute atomic E-state index is 5.85. The van der Waals surface area contributed by atoms with Gasteiger partial charge in [0.2, 0.25) is 5.88 Å². The quantitative estimate of drug-likeness (QED) is 0.807. The Labute approximate surface area is 136 Å². The van der Waals surface area contributed by atoms with E-state index in [9.17, 15) is 0 Å². The van der Waals surface area contributed by atoms with Gasteiger partial charge in [0.05, 0.1) is 6.10 Å². The first-order valence-corrected chi connectivity index (χ1v) is 8.56. The minimum Gasteiger partial charge on any atom is -0.475 e. The first-order valence-electron chi connectivity index (χ1n) is 7.79. The number of likely N-dealkylation sites (N-methyl/N-ethyl adjacent to an activating group) is 1. The molecule has 1 aromatic carbocycles. The SMILES string of the molecule is CC(C)Oc1nccc2c(SN3CCN(C)CC3)cccc12. The van der Waals surface area contributed by atoms with Gasteiger partial charge in [-0.25, -0.2) is 9.29 Å². The number of pyridine rings is 1. The second kappa shape index (κ2) is 6.86. The molecule has 1 aliphatic heterocycles. The molecule has 0 radical (unpaired) electrons. The molecule has 1 aliphatic rings. The predicted octanol–water partition coefficient (Wildman–Crippen LogP) is 3.28. The number of benzene rings is 1. The lowest BCUT2D eigenvalue weighted by Gasteiger charge is -2.31. The maximum atomic E-state index is 5.85. The second-order valence-corrected chi connectivity index (χ2v) is 7.10. The third-order valence-corrected chi connectivity index (χ3v) is 4.94. The molecule has 1 fully saturated rings. The number of rotatable bonds is 4. The van der Waals surface area contributed by atoms with Gasteiger partial charge in [-0.15, -0.1) is 0 Å². The molecule has 0 spiro atoms. The van der Waals surface area contributed by atoms with Crippen LogP contribution in [0.3, 0.4) is 0 Å². The van der Waals surface area contributed by atoms with E-state index in [1.165, 1.54) is 10.3 Å². The van der Waals surface area contributed by atoms with E-state index < -0.39 is 0 Å². The van der Waals surface area contributed by atoms with Crippen molar-refractivity contribution in [2.75, 3.05) is 33.2 Å². The average molecular weight is 317 g/mol. The molecule has 5 heteroatoms. The summed E-state index contributed by atoms with van der Waals surface area (Å²) in [5.41, 5.74) is 0. The highest BCUT2D eigenvalue weighted by molar-refractivity contribution is 7.97. The molecule has 0 bridgehead atoms. The predicted molar refractivity (Wildman–Crippen MR) is 92.4 cm³/mol. The molecule has 0 unspecified atom stereocenters. The molecule has 2 aromatic rings. The van der Waals surface area contributed by atoms with Gasteiger partial charge >= 0.3 is 0 Å². The molecule has 1 saturated heterocycles. The third kappa shape index (κ3) is 3.54. The summed E-state index contributed by atoms with van der Waals surface area (Å²) in [7, 11) is 2.18. The Morgan fingerprint density at radius 2 is 1.86 bits per heavy atom. The van der Waals surface area contributed by atoms with Crippen LogP contribution >= 0.6 is 11.9 Å². The molecular formula is C17H23N3OS. The highest BCUT2D eigenvalue weighted by Crippen LogP contribution is 2.34. The highest BCUT2D eigenvalue weighted by atomic mass is 32.2. The molecule has 22 heavy (non-hydrogen) atoms. The number of hydrogen-bond donors (Lipinski definition) is 0. The van der Waals surface area contributed by atoms with E-state index in [1.807, 2.05) is 32.0 Å². The monoisotopic (exact) mass is 317 g/mol. The largest absolute Gasteiger partial charge is 0.475 e. The van der Waals surface area contributed by atoms with Gasteiger partial charge in [0.25, 0.3) is 0 Å². The van der Waals surface area contributed by atoms with Crippen molar-refractivity contribution in [2.45, 2.75) is 24.8 Å². The minimum absolute atomic E-state index is 0.132. The van der Waals surface area contributed by atoms with E-state index in [0.29, 0.717) is 0 Å². The molecule has 0 saturated carbocycles.